The van der Waals surface area contributed by atoms with Gasteiger partial charge in [0.25, 0.3) is 0 Å². The van der Waals surface area contributed by atoms with Crippen molar-refractivity contribution in [2.45, 2.75) is 18.2 Å². The number of carboxylic acid groups (broad SMARTS) is 1. The number of nitrogens with one attached hydrogen (secondary N) is 1. The quantitative estimate of drug-likeness (QED) is 0.840. The molecule has 0 bridgehead atoms. The number of carbonyl (C=O) groups is 1. The van der Waals surface area contributed by atoms with Crippen molar-refractivity contribution >= 4 is 27.6 Å². The molecule has 19 heavy (non-hydrogen) atoms. The van der Waals surface area contributed by atoms with Gasteiger partial charge in [-0.15, -0.1) is 0 Å². The predicted octanol–water partition coefficient (Wildman–Crippen LogP) is 1.87. The topological polar surface area (TPSA) is 83.5 Å². The first-order valence-electron chi connectivity index (χ1n) is 5.45. The van der Waals surface area contributed by atoms with Crippen molar-refractivity contribution < 1.29 is 22.7 Å². The molecule has 0 saturated carbocycles. The lowest BCUT2D eigenvalue weighted by Crippen LogP contribution is -2.32. The van der Waals surface area contributed by atoms with Gasteiger partial charge in [-0.3, -0.25) is 4.79 Å². The van der Waals surface area contributed by atoms with Gasteiger partial charge in [0.15, 0.2) is 0 Å². The van der Waals surface area contributed by atoms with Gasteiger partial charge in [-0.2, -0.15) is 0 Å². The zero-order valence-corrected chi connectivity index (χ0v) is 11.6. The summed E-state index contributed by atoms with van der Waals surface area (Å²) in [5.41, 5.74) is 0. The normalized spacial score (nSPS) is 13.2. The monoisotopic (exact) mass is 309 g/mol. The molecule has 0 aromatic heterocycles. The lowest BCUT2D eigenvalue weighted by Gasteiger charge is -2.12. The van der Waals surface area contributed by atoms with Crippen molar-refractivity contribution in [2.75, 3.05) is 6.54 Å². The van der Waals surface area contributed by atoms with E-state index < -0.39 is 27.7 Å². The molecule has 0 aliphatic heterocycles. The Hall–Kier alpha value is -1.18. The maximum atomic E-state index is 12.8. The Bertz CT molecular complexity index is 576. The summed E-state index contributed by atoms with van der Waals surface area (Å²) in [7, 11) is -3.96. The first-order valence-corrected chi connectivity index (χ1v) is 7.31. The van der Waals surface area contributed by atoms with Crippen LogP contribution >= 0.6 is 11.6 Å². The number of hydrogen-bond acceptors (Lipinski definition) is 3. The van der Waals surface area contributed by atoms with E-state index in [9.17, 15) is 17.6 Å². The molecule has 5 nitrogen and oxygen atoms in total. The van der Waals surface area contributed by atoms with E-state index in [1.807, 2.05) is 0 Å². The van der Waals surface area contributed by atoms with Crippen LogP contribution < -0.4 is 4.72 Å². The van der Waals surface area contributed by atoms with Gasteiger partial charge in [0.05, 0.1) is 10.9 Å². The second-order valence-corrected chi connectivity index (χ2v) is 6.01. The van der Waals surface area contributed by atoms with Crippen LogP contribution in [0.3, 0.4) is 0 Å². The molecule has 106 valence electrons. The molecule has 0 heterocycles. The number of benzene rings is 1. The fourth-order valence-electron chi connectivity index (χ4n) is 1.39. The van der Waals surface area contributed by atoms with E-state index in [0.717, 1.165) is 18.2 Å². The van der Waals surface area contributed by atoms with Crippen LogP contribution in [0, 0.1) is 11.7 Å². The average Bonchev–Trinajstić information content (AvgIpc) is 2.28. The average molecular weight is 310 g/mol. The zero-order chi connectivity index (χ0) is 14.6. The third-order valence-corrected chi connectivity index (χ3v) is 4.45. The molecule has 0 amide bonds. The summed E-state index contributed by atoms with van der Waals surface area (Å²) in [4.78, 5) is 10.5. The van der Waals surface area contributed by atoms with Crippen molar-refractivity contribution in [3.63, 3.8) is 0 Å². The highest BCUT2D eigenvalue weighted by atomic mass is 35.5. The van der Waals surface area contributed by atoms with Crippen LogP contribution in [0.4, 0.5) is 4.39 Å². The summed E-state index contributed by atoms with van der Waals surface area (Å²) in [5.74, 6) is -2.56. The van der Waals surface area contributed by atoms with Crippen LogP contribution in [0.25, 0.3) is 0 Å². The van der Waals surface area contributed by atoms with Crippen LogP contribution in [0.5, 0.6) is 0 Å². The minimum atomic E-state index is -3.96. The van der Waals surface area contributed by atoms with E-state index in [2.05, 4.69) is 4.72 Å². The number of sulfonamides is 1. The van der Waals surface area contributed by atoms with Gasteiger partial charge < -0.3 is 5.11 Å². The largest absolute Gasteiger partial charge is 0.481 e. The molecule has 1 unspecified atom stereocenters. The molecular weight excluding hydrogens is 297 g/mol. The Balaban J connectivity index is 2.90. The molecule has 0 aliphatic rings. The highest BCUT2D eigenvalue weighted by molar-refractivity contribution is 7.89. The van der Waals surface area contributed by atoms with Crippen molar-refractivity contribution in [1.29, 1.82) is 0 Å². The Morgan fingerprint density at radius 1 is 1.53 bits per heavy atom. The molecule has 1 atom stereocenters. The standard InChI is InChI=1S/C11H13ClFNO4S/c1-2-7(11(15)16)6-14-19(17,18)10-4-3-8(13)5-9(10)12/h3-5,7,14H,2,6H2,1H3,(H,15,16). The maximum Gasteiger partial charge on any atom is 0.307 e. The fraction of sp³-hybridized carbons (Fsp3) is 0.364. The lowest BCUT2D eigenvalue weighted by molar-refractivity contribution is -0.141. The van der Waals surface area contributed by atoms with Crippen molar-refractivity contribution in [2.24, 2.45) is 5.92 Å². The van der Waals surface area contributed by atoms with Crippen LogP contribution in [0.2, 0.25) is 5.02 Å². The Labute approximate surface area is 115 Å². The van der Waals surface area contributed by atoms with E-state index in [4.69, 9.17) is 16.7 Å². The molecule has 1 aromatic rings. The van der Waals surface area contributed by atoms with Crippen LogP contribution in [0.15, 0.2) is 23.1 Å². The molecule has 0 aliphatic carbocycles. The molecule has 8 heteroatoms. The van der Waals surface area contributed by atoms with Gasteiger partial charge in [0, 0.05) is 6.54 Å². The Kier molecular flexibility index (Phi) is 5.28. The fourth-order valence-corrected chi connectivity index (χ4v) is 3.00. The van der Waals surface area contributed by atoms with Gasteiger partial charge in [0.2, 0.25) is 10.0 Å². The van der Waals surface area contributed by atoms with Crippen LogP contribution in [-0.4, -0.2) is 26.0 Å². The minimum absolute atomic E-state index is 0.248. The van der Waals surface area contributed by atoms with Gasteiger partial charge in [-0.25, -0.2) is 17.5 Å². The molecule has 0 fully saturated rings. The number of rotatable bonds is 6. The predicted molar refractivity (Wildman–Crippen MR) is 68.0 cm³/mol. The van der Waals surface area contributed by atoms with Crippen molar-refractivity contribution in [3.8, 4) is 0 Å². The van der Waals surface area contributed by atoms with Crippen molar-refractivity contribution in [3.05, 3.63) is 29.0 Å². The van der Waals surface area contributed by atoms with E-state index in [1.165, 1.54) is 0 Å². The zero-order valence-electron chi connectivity index (χ0n) is 10.1. The molecular formula is C11H13ClFNO4S. The highest BCUT2D eigenvalue weighted by Crippen LogP contribution is 2.22. The molecule has 2 N–H and O–H groups in total. The molecule has 0 radical (unpaired) electrons. The highest BCUT2D eigenvalue weighted by Gasteiger charge is 2.22. The number of hydrogen-bond donors (Lipinski definition) is 2. The number of carboxylic acids is 1. The molecule has 0 spiro atoms. The van der Waals surface area contributed by atoms with E-state index >= 15 is 0 Å². The van der Waals surface area contributed by atoms with Gasteiger partial charge in [-0.05, 0) is 24.6 Å². The minimum Gasteiger partial charge on any atom is -0.481 e. The van der Waals surface area contributed by atoms with E-state index in [1.54, 1.807) is 6.92 Å². The van der Waals surface area contributed by atoms with Crippen LogP contribution in [-0.2, 0) is 14.8 Å². The van der Waals surface area contributed by atoms with Crippen LogP contribution in [0.1, 0.15) is 13.3 Å². The third kappa shape index (κ3) is 4.15. The molecule has 0 saturated heterocycles. The SMILES string of the molecule is CCC(CNS(=O)(=O)c1ccc(F)cc1Cl)C(=O)O. The smallest absolute Gasteiger partial charge is 0.307 e. The van der Waals surface area contributed by atoms with Gasteiger partial charge in [0.1, 0.15) is 10.7 Å². The Morgan fingerprint density at radius 2 is 2.16 bits per heavy atom. The molecule has 1 aromatic carbocycles. The summed E-state index contributed by atoms with van der Waals surface area (Å²) >= 11 is 5.65. The number of halogens is 2. The second kappa shape index (κ2) is 6.31. The van der Waals surface area contributed by atoms with E-state index in [0.29, 0.717) is 0 Å². The van der Waals surface area contributed by atoms with E-state index in [-0.39, 0.29) is 22.9 Å². The summed E-state index contributed by atoms with van der Waals surface area (Å²) in [6.45, 7) is 1.39. The maximum absolute atomic E-state index is 12.8. The van der Waals surface area contributed by atoms with Gasteiger partial charge in [-0.1, -0.05) is 18.5 Å². The van der Waals surface area contributed by atoms with Gasteiger partial charge >= 0.3 is 5.97 Å². The first kappa shape index (κ1) is 15.9. The number of aliphatic carboxylic acids is 1. The summed E-state index contributed by atoms with van der Waals surface area (Å²) < 4.78 is 38.8. The molecule has 1 rings (SSSR count). The first-order chi connectivity index (χ1) is 8.77. The summed E-state index contributed by atoms with van der Waals surface area (Å²) in [5, 5.41) is 8.57. The second-order valence-electron chi connectivity index (χ2n) is 3.87. The lowest BCUT2D eigenvalue weighted by atomic mass is 10.1. The summed E-state index contributed by atoms with van der Waals surface area (Å²) in [6, 6.07) is 2.88. The third-order valence-electron chi connectivity index (χ3n) is 2.55. The Morgan fingerprint density at radius 3 is 2.63 bits per heavy atom. The van der Waals surface area contributed by atoms with Crippen molar-refractivity contribution in [1.82, 2.24) is 4.72 Å². The summed E-state index contributed by atoms with van der Waals surface area (Å²) in [6.07, 6.45) is 0.287.